The zero-order valence-electron chi connectivity index (χ0n) is 10.2. The quantitative estimate of drug-likeness (QED) is 0.506. The summed E-state index contributed by atoms with van der Waals surface area (Å²) >= 11 is 0.904. The molecule has 8 nitrogen and oxygen atoms in total. The highest BCUT2D eigenvalue weighted by Crippen LogP contribution is 2.27. The molecular formula is C11H9N3O5S. The summed E-state index contributed by atoms with van der Waals surface area (Å²) in [4.78, 5) is 20.9. The first-order valence-electron chi connectivity index (χ1n) is 5.45. The molecule has 0 aliphatic heterocycles. The van der Waals surface area contributed by atoms with Gasteiger partial charge in [-0.2, -0.15) is 0 Å². The van der Waals surface area contributed by atoms with E-state index in [1.165, 1.54) is 25.1 Å². The molecule has 1 aromatic carbocycles. The normalized spacial score (nSPS) is 12.1. The largest absolute Gasteiger partial charge is 0.480 e. The van der Waals surface area contributed by atoms with E-state index in [1.807, 2.05) is 0 Å². The Morgan fingerprint density at radius 2 is 2.25 bits per heavy atom. The molecule has 1 aromatic heterocycles. The third-order valence-corrected chi connectivity index (χ3v) is 3.26. The maximum absolute atomic E-state index is 10.7. The number of nitro groups is 1. The molecule has 0 radical (unpaired) electrons. The van der Waals surface area contributed by atoms with Crippen LogP contribution in [0.3, 0.4) is 0 Å². The first-order chi connectivity index (χ1) is 9.47. The van der Waals surface area contributed by atoms with Crippen molar-refractivity contribution < 1.29 is 19.2 Å². The second-order valence-electron chi connectivity index (χ2n) is 3.78. The highest BCUT2D eigenvalue weighted by Gasteiger charge is 2.18. The van der Waals surface area contributed by atoms with Crippen molar-refractivity contribution in [2.45, 2.75) is 17.4 Å². The number of nitrogens with zero attached hydrogens (tertiary/aromatic N) is 3. The Kier molecular flexibility index (Phi) is 3.99. The van der Waals surface area contributed by atoms with Crippen molar-refractivity contribution >= 4 is 23.4 Å². The first-order valence-corrected chi connectivity index (χ1v) is 6.33. The summed E-state index contributed by atoms with van der Waals surface area (Å²) in [5.41, 5.74) is 0.315. The minimum Gasteiger partial charge on any atom is -0.480 e. The number of carboxylic acids is 1. The SMILES string of the molecule is C[C@H](Sc1nnc(-c2cccc([N+](=O)[O-])c2)o1)C(=O)O. The van der Waals surface area contributed by atoms with Gasteiger partial charge < -0.3 is 9.52 Å². The Hall–Kier alpha value is -2.42. The molecule has 20 heavy (non-hydrogen) atoms. The molecule has 1 atom stereocenters. The molecule has 0 spiro atoms. The van der Waals surface area contributed by atoms with Crippen molar-refractivity contribution in [2.75, 3.05) is 0 Å². The molecule has 1 heterocycles. The van der Waals surface area contributed by atoms with Gasteiger partial charge in [0.05, 0.1) is 4.92 Å². The molecular weight excluding hydrogens is 286 g/mol. The molecule has 0 amide bonds. The average molecular weight is 295 g/mol. The van der Waals surface area contributed by atoms with Gasteiger partial charge in [-0.15, -0.1) is 10.2 Å². The van der Waals surface area contributed by atoms with E-state index in [4.69, 9.17) is 9.52 Å². The molecule has 2 rings (SSSR count). The van der Waals surface area contributed by atoms with E-state index < -0.39 is 16.1 Å². The minimum atomic E-state index is -0.995. The van der Waals surface area contributed by atoms with Crippen molar-refractivity contribution in [2.24, 2.45) is 0 Å². The molecule has 104 valence electrons. The summed E-state index contributed by atoms with van der Waals surface area (Å²) in [7, 11) is 0. The molecule has 0 saturated heterocycles. The molecule has 0 aliphatic rings. The number of aromatic nitrogens is 2. The highest BCUT2D eigenvalue weighted by atomic mass is 32.2. The van der Waals surface area contributed by atoms with E-state index in [0.29, 0.717) is 5.56 Å². The van der Waals surface area contributed by atoms with Gasteiger partial charge in [0, 0.05) is 17.7 Å². The van der Waals surface area contributed by atoms with Crippen molar-refractivity contribution in [1.82, 2.24) is 10.2 Å². The minimum absolute atomic E-state index is 0.0891. The van der Waals surface area contributed by atoms with Crippen LogP contribution in [0.5, 0.6) is 0 Å². The van der Waals surface area contributed by atoms with E-state index in [0.717, 1.165) is 11.8 Å². The topological polar surface area (TPSA) is 119 Å². The number of rotatable bonds is 5. The van der Waals surface area contributed by atoms with Crippen molar-refractivity contribution in [3.8, 4) is 11.5 Å². The average Bonchev–Trinajstić information content (AvgIpc) is 2.87. The molecule has 0 bridgehead atoms. The van der Waals surface area contributed by atoms with Gasteiger partial charge in [0.2, 0.25) is 5.89 Å². The Bertz CT molecular complexity index is 657. The zero-order valence-corrected chi connectivity index (χ0v) is 11.0. The van der Waals surface area contributed by atoms with Crippen LogP contribution >= 0.6 is 11.8 Å². The van der Waals surface area contributed by atoms with E-state index in [9.17, 15) is 14.9 Å². The van der Waals surface area contributed by atoms with Gasteiger partial charge in [0.25, 0.3) is 10.9 Å². The molecule has 0 fully saturated rings. The number of aliphatic carboxylic acids is 1. The molecule has 0 unspecified atom stereocenters. The van der Waals surface area contributed by atoms with Crippen molar-refractivity contribution in [3.05, 3.63) is 34.4 Å². The number of thioether (sulfide) groups is 1. The van der Waals surface area contributed by atoms with Crippen LogP contribution in [0.4, 0.5) is 5.69 Å². The highest BCUT2D eigenvalue weighted by molar-refractivity contribution is 8.00. The summed E-state index contributed by atoms with van der Waals surface area (Å²) in [5, 5.41) is 26.3. The maximum atomic E-state index is 10.7. The Balaban J connectivity index is 2.22. The fraction of sp³-hybridized carbons (Fsp3) is 0.182. The first kappa shape index (κ1) is 14.0. The zero-order chi connectivity index (χ0) is 14.7. The molecule has 0 aliphatic carbocycles. The summed E-state index contributed by atoms with van der Waals surface area (Å²) in [6.45, 7) is 1.49. The third kappa shape index (κ3) is 3.12. The van der Waals surface area contributed by atoms with Gasteiger partial charge in [-0.3, -0.25) is 14.9 Å². The van der Waals surface area contributed by atoms with Gasteiger partial charge >= 0.3 is 5.97 Å². The third-order valence-electron chi connectivity index (χ3n) is 2.34. The van der Waals surface area contributed by atoms with Gasteiger partial charge in [-0.25, -0.2) is 0 Å². The van der Waals surface area contributed by atoms with Crippen LogP contribution in [-0.2, 0) is 4.79 Å². The summed E-state index contributed by atoms with van der Waals surface area (Å²) in [6, 6.07) is 5.75. The summed E-state index contributed by atoms with van der Waals surface area (Å²) in [5.74, 6) is -0.890. The predicted octanol–water partition coefficient (Wildman–Crippen LogP) is 2.21. The van der Waals surface area contributed by atoms with Crippen LogP contribution < -0.4 is 0 Å². The van der Waals surface area contributed by atoms with Crippen LogP contribution in [0.2, 0.25) is 0 Å². The lowest BCUT2D eigenvalue weighted by Gasteiger charge is -1.99. The van der Waals surface area contributed by atoms with Gasteiger partial charge in [0.15, 0.2) is 0 Å². The van der Waals surface area contributed by atoms with Gasteiger partial charge in [-0.05, 0) is 13.0 Å². The number of benzene rings is 1. The van der Waals surface area contributed by atoms with Crippen molar-refractivity contribution in [1.29, 1.82) is 0 Å². The number of carbonyl (C=O) groups is 1. The fourth-order valence-electron chi connectivity index (χ4n) is 1.33. The lowest BCUT2D eigenvalue weighted by molar-refractivity contribution is -0.384. The Morgan fingerprint density at radius 3 is 2.90 bits per heavy atom. The molecule has 9 heteroatoms. The van der Waals surface area contributed by atoms with Crippen LogP contribution in [0.25, 0.3) is 11.5 Å². The van der Waals surface area contributed by atoms with Crippen molar-refractivity contribution in [3.63, 3.8) is 0 Å². The Labute approximate surface area is 117 Å². The maximum Gasteiger partial charge on any atom is 0.316 e. The number of carboxylic acid groups (broad SMARTS) is 1. The second-order valence-corrected chi connectivity index (χ2v) is 5.07. The van der Waals surface area contributed by atoms with E-state index in [2.05, 4.69) is 10.2 Å². The van der Waals surface area contributed by atoms with Crippen LogP contribution in [0.1, 0.15) is 6.92 Å². The van der Waals surface area contributed by atoms with Gasteiger partial charge in [0.1, 0.15) is 5.25 Å². The second kappa shape index (κ2) is 5.70. The number of hydrogen-bond acceptors (Lipinski definition) is 7. The molecule has 1 N–H and O–H groups in total. The van der Waals surface area contributed by atoms with Crippen LogP contribution in [0, 0.1) is 10.1 Å². The molecule has 0 saturated carbocycles. The standard InChI is InChI=1S/C11H9N3O5S/c1-6(10(15)16)20-11-13-12-9(19-11)7-3-2-4-8(5-7)14(17)18/h2-6H,1H3,(H,15,16)/t6-/m0/s1. The monoisotopic (exact) mass is 295 g/mol. The van der Waals surface area contributed by atoms with Gasteiger partial charge in [-0.1, -0.05) is 17.8 Å². The number of hydrogen-bond donors (Lipinski definition) is 1. The lowest BCUT2D eigenvalue weighted by Crippen LogP contribution is -2.10. The van der Waals surface area contributed by atoms with E-state index in [1.54, 1.807) is 6.07 Å². The van der Waals surface area contributed by atoms with Crippen LogP contribution in [0.15, 0.2) is 33.9 Å². The number of non-ortho nitro benzene ring substituents is 1. The predicted molar refractivity (Wildman–Crippen MR) is 69.3 cm³/mol. The lowest BCUT2D eigenvalue weighted by atomic mass is 10.2. The molecule has 2 aromatic rings. The summed E-state index contributed by atoms with van der Waals surface area (Å²) < 4.78 is 5.28. The Morgan fingerprint density at radius 1 is 1.50 bits per heavy atom. The smallest absolute Gasteiger partial charge is 0.316 e. The van der Waals surface area contributed by atoms with E-state index >= 15 is 0 Å². The van der Waals surface area contributed by atoms with E-state index in [-0.39, 0.29) is 16.8 Å². The summed E-state index contributed by atoms with van der Waals surface area (Å²) in [6.07, 6.45) is 0. The fourth-order valence-corrected chi connectivity index (χ4v) is 1.95. The van der Waals surface area contributed by atoms with Crippen LogP contribution in [-0.4, -0.2) is 31.4 Å². The number of nitro benzene ring substituents is 1.